The van der Waals surface area contributed by atoms with Crippen LogP contribution in [0.5, 0.6) is 5.88 Å². The Morgan fingerprint density at radius 3 is 2.82 bits per heavy atom. The van der Waals surface area contributed by atoms with E-state index in [-0.39, 0.29) is 5.88 Å². The van der Waals surface area contributed by atoms with Crippen LogP contribution >= 0.6 is 0 Å². The SMILES string of the molecule is Oc1ccc2cnncc2n1. The summed E-state index contributed by atoms with van der Waals surface area (Å²) in [6.07, 6.45) is 3.11. The lowest BCUT2D eigenvalue weighted by Crippen LogP contribution is -1.82. The molecular formula is C7H5N3O. The molecule has 2 aromatic rings. The fourth-order valence-corrected chi connectivity index (χ4v) is 0.871. The van der Waals surface area contributed by atoms with E-state index in [1.807, 2.05) is 0 Å². The molecule has 0 saturated carbocycles. The summed E-state index contributed by atoms with van der Waals surface area (Å²) in [6.45, 7) is 0. The van der Waals surface area contributed by atoms with Gasteiger partial charge in [0.1, 0.15) is 0 Å². The van der Waals surface area contributed by atoms with Gasteiger partial charge in [0, 0.05) is 11.5 Å². The highest BCUT2D eigenvalue weighted by molar-refractivity contribution is 5.76. The zero-order chi connectivity index (χ0) is 7.68. The number of nitrogens with zero attached hydrogens (tertiary/aromatic N) is 3. The maximum Gasteiger partial charge on any atom is 0.211 e. The highest BCUT2D eigenvalue weighted by Crippen LogP contribution is 2.11. The van der Waals surface area contributed by atoms with Gasteiger partial charge in [-0.05, 0) is 6.07 Å². The molecule has 11 heavy (non-hydrogen) atoms. The van der Waals surface area contributed by atoms with Gasteiger partial charge in [0.05, 0.1) is 17.9 Å². The van der Waals surface area contributed by atoms with Gasteiger partial charge in [-0.1, -0.05) is 0 Å². The highest BCUT2D eigenvalue weighted by atomic mass is 16.3. The molecule has 0 aromatic carbocycles. The average molecular weight is 147 g/mol. The second-order valence-electron chi connectivity index (χ2n) is 2.13. The van der Waals surface area contributed by atoms with Gasteiger partial charge in [0.25, 0.3) is 0 Å². The molecule has 1 N–H and O–H groups in total. The van der Waals surface area contributed by atoms with Gasteiger partial charge >= 0.3 is 0 Å². The van der Waals surface area contributed by atoms with Crippen molar-refractivity contribution >= 4 is 10.9 Å². The van der Waals surface area contributed by atoms with Gasteiger partial charge < -0.3 is 5.11 Å². The fourth-order valence-electron chi connectivity index (χ4n) is 0.871. The Hall–Kier alpha value is -1.71. The predicted molar refractivity (Wildman–Crippen MR) is 39.0 cm³/mol. The van der Waals surface area contributed by atoms with E-state index in [2.05, 4.69) is 15.2 Å². The summed E-state index contributed by atoms with van der Waals surface area (Å²) in [5.41, 5.74) is 0.653. The first-order valence-corrected chi connectivity index (χ1v) is 3.13. The molecule has 2 rings (SSSR count). The summed E-state index contributed by atoms with van der Waals surface area (Å²) in [7, 11) is 0. The lowest BCUT2D eigenvalue weighted by molar-refractivity contribution is 0.456. The summed E-state index contributed by atoms with van der Waals surface area (Å²) in [4.78, 5) is 3.83. The topological polar surface area (TPSA) is 58.9 Å². The van der Waals surface area contributed by atoms with Gasteiger partial charge in [-0.25, -0.2) is 4.98 Å². The van der Waals surface area contributed by atoms with Crippen molar-refractivity contribution in [1.29, 1.82) is 0 Å². The third-order valence-corrected chi connectivity index (χ3v) is 1.39. The molecule has 0 bridgehead atoms. The molecule has 4 nitrogen and oxygen atoms in total. The van der Waals surface area contributed by atoms with Crippen molar-refractivity contribution in [3.63, 3.8) is 0 Å². The first-order valence-electron chi connectivity index (χ1n) is 3.13. The van der Waals surface area contributed by atoms with Crippen molar-refractivity contribution in [3.8, 4) is 5.88 Å². The van der Waals surface area contributed by atoms with Crippen LogP contribution in [0.15, 0.2) is 24.5 Å². The van der Waals surface area contributed by atoms with E-state index in [0.717, 1.165) is 5.39 Å². The Morgan fingerprint density at radius 1 is 1.09 bits per heavy atom. The highest BCUT2D eigenvalue weighted by Gasteiger charge is 1.94. The molecule has 0 aliphatic carbocycles. The second kappa shape index (κ2) is 2.16. The number of fused-ring (bicyclic) bond motifs is 1. The third-order valence-electron chi connectivity index (χ3n) is 1.39. The van der Waals surface area contributed by atoms with Gasteiger partial charge in [-0.3, -0.25) is 0 Å². The second-order valence-corrected chi connectivity index (χ2v) is 2.13. The van der Waals surface area contributed by atoms with Crippen molar-refractivity contribution in [1.82, 2.24) is 15.2 Å². The first kappa shape index (κ1) is 6.03. The standard InChI is InChI=1S/C7H5N3O/c11-7-2-1-5-3-8-9-4-6(5)10-7/h1-4H,(H,10,11). The van der Waals surface area contributed by atoms with Crippen LogP contribution in [0.1, 0.15) is 0 Å². The number of pyridine rings is 1. The molecule has 0 unspecified atom stereocenters. The van der Waals surface area contributed by atoms with E-state index in [1.54, 1.807) is 12.3 Å². The summed E-state index contributed by atoms with van der Waals surface area (Å²) in [5.74, 6) is 0.00509. The molecule has 0 aliphatic heterocycles. The molecule has 0 fully saturated rings. The van der Waals surface area contributed by atoms with Gasteiger partial charge in [0.15, 0.2) is 0 Å². The van der Waals surface area contributed by atoms with E-state index in [1.165, 1.54) is 12.3 Å². The minimum Gasteiger partial charge on any atom is -0.493 e. The van der Waals surface area contributed by atoms with Crippen LogP contribution in [0.4, 0.5) is 0 Å². The maximum atomic E-state index is 8.97. The lowest BCUT2D eigenvalue weighted by atomic mass is 10.3. The Balaban J connectivity index is 2.83. The largest absolute Gasteiger partial charge is 0.493 e. The van der Waals surface area contributed by atoms with Gasteiger partial charge in [-0.2, -0.15) is 10.2 Å². The predicted octanol–water partition coefficient (Wildman–Crippen LogP) is 0.730. The summed E-state index contributed by atoms with van der Waals surface area (Å²) in [5, 5.41) is 17.1. The molecule has 0 spiro atoms. The summed E-state index contributed by atoms with van der Waals surface area (Å²) < 4.78 is 0. The minimum atomic E-state index is 0.00509. The minimum absolute atomic E-state index is 0.00509. The number of hydrogen-bond donors (Lipinski definition) is 1. The van der Waals surface area contributed by atoms with Crippen molar-refractivity contribution in [2.75, 3.05) is 0 Å². The Bertz CT molecular complexity index is 388. The number of rotatable bonds is 0. The molecule has 0 saturated heterocycles. The zero-order valence-electron chi connectivity index (χ0n) is 5.60. The van der Waals surface area contributed by atoms with Crippen LogP contribution in [-0.4, -0.2) is 20.3 Å². The van der Waals surface area contributed by atoms with E-state index in [9.17, 15) is 0 Å². The van der Waals surface area contributed by atoms with E-state index >= 15 is 0 Å². The number of aromatic nitrogens is 3. The molecule has 2 heterocycles. The monoisotopic (exact) mass is 147 g/mol. The quantitative estimate of drug-likeness (QED) is 0.596. The van der Waals surface area contributed by atoms with Crippen LogP contribution in [0.3, 0.4) is 0 Å². The van der Waals surface area contributed by atoms with Crippen LogP contribution in [-0.2, 0) is 0 Å². The summed E-state index contributed by atoms with van der Waals surface area (Å²) in [6, 6.07) is 3.26. The molecule has 0 amide bonds. The summed E-state index contributed by atoms with van der Waals surface area (Å²) >= 11 is 0. The molecule has 0 aliphatic rings. The average Bonchev–Trinajstić information content (AvgIpc) is 2.04. The van der Waals surface area contributed by atoms with E-state index < -0.39 is 0 Å². The molecule has 4 heteroatoms. The Kier molecular flexibility index (Phi) is 1.18. The van der Waals surface area contributed by atoms with Crippen molar-refractivity contribution in [2.45, 2.75) is 0 Å². The van der Waals surface area contributed by atoms with Crippen LogP contribution in [0, 0.1) is 0 Å². The van der Waals surface area contributed by atoms with Gasteiger partial charge in [-0.15, -0.1) is 0 Å². The first-order chi connectivity index (χ1) is 5.36. The van der Waals surface area contributed by atoms with E-state index in [4.69, 9.17) is 5.11 Å². The van der Waals surface area contributed by atoms with Crippen molar-refractivity contribution in [2.24, 2.45) is 0 Å². The van der Waals surface area contributed by atoms with Crippen molar-refractivity contribution < 1.29 is 5.11 Å². The van der Waals surface area contributed by atoms with Crippen molar-refractivity contribution in [3.05, 3.63) is 24.5 Å². The maximum absolute atomic E-state index is 8.97. The normalized spacial score (nSPS) is 10.2. The Morgan fingerprint density at radius 2 is 1.91 bits per heavy atom. The fraction of sp³-hybridized carbons (Fsp3) is 0. The van der Waals surface area contributed by atoms with Crippen LogP contribution < -0.4 is 0 Å². The molecule has 0 radical (unpaired) electrons. The molecule has 0 atom stereocenters. The van der Waals surface area contributed by atoms with Crippen LogP contribution in [0.25, 0.3) is 10.9 Å². The Labute approximate surface area is 62.5 Å². The molecular weight excluding hydrogens is 142 g/mol. The lowest BCUT2D eigenvalue weighted by Gasteiger charge is -1.93. The molecule has 54 valence electrons. The number of hydrogen-bond acceptors (Lipinski definition) is 4. The van der Waals surface area contributed by atoms with Gasteiger partial charge in [0.2, 0.25) is 5.88 Å². The molecule has 2 aromatic heterocycles. The van der Waals surface area contributed by atoms with E-state index in [0.29, 0.717) is 5.52 Å². The zero-order valence-corrected chi connectivity index (χ0v) is 5.60. The van der Waals surface area contributed by atoms with Crippen LogP contribution in [0.2, 0.25) is 0 Å². The number of aromatic hydroxyl groups is 1. The smallest absolute Gasteiger partial charge is 0.211 e. The third kappa shape index (κ3) is 0.980.